The van der Waals surface area contributed by atoms with Crippen LogP contribution in [0, 0.1) is 11.3 Å². The first kappa shape index (κ1) is 18.1. The molecule has 0 unspecified atom stereocenters. The van der Waals surface area contributed by atoms with Crippen molar-refractivity contribution in [3.05, 3.63) is 47.1 Å². The van der Waals surface area contributed by atoms with Gasteiger partial charge in [-0.3, -0.25) is 0 Å². The van der Waals surface area contributed by atoms with Crippen LogP contribution in [0.2, 0.25) is 0 Å². The largest absolute Gasteiger partial charge is 0.479 e. The Morgan fingerprint density at radius 2 is 2.04 bits per heavy atom. The monoisotopic (exact) mass is 400 g/mol. The molecule has 0 amide bonds. The lowest BCUT2D eigenvalue weighted by molar-refractivity contribution is -0.00834. The van der Waals surface area contributed by atoms with Crippen molar-refractivity contribution >= 4 is 15.7 Å². The first-order valence-electron chi connectivity index (χ1n) is 8.67. The highest BCUT2D eigenvalue weighted by molar-refractivity contribution is 7.96. The summed E-state index contributed by atoms with van der Waals surface area (Å²) in [6.45, 7) is 0. The Kier molecular flexibility index (Phi) is 4.35. The molecule has 1 aliphatic heterocycles. The van der Waals surface area contributed by atoms with Crippen molar-refractivity contribution < 1.29 is 18.3 Å². The maximum atomic E-state index is 13.0. The van der Waals surface area contributed by atoms with Gasteiger partial charge in [0.25, 0.3) is 5.03 Å². The van der Waals surface area contributed by atoms with Gasteiger partial charge in [0.2, 0.25) is 14.8 Å². The van der Waals surface area contributed by atoms with E-state index in [1.165, 1.54) is 10.9 Å². The van der Waals surface area contributed by atoms with Crippen molar-refractivity contribution in [1.82, 2.24) is 14.8 Å². The number of azo groups is 1. The summed E-state index contributed by atoms with van der Waals surface area (Å²) in [7, 11) is -4.03. The second-order valence-corrected chi connectivity index (χ2v) is 8.62. The zero-order chi connectivity index (χ0) is 19.8. The average molecular weight is 400 g/mol. The molecular formula is C17H16N6O4S. The van der Waals surface area contributed by atoms with Crippen LogP contribution in [0.15, 0.2) is 51.8 Å². The summed E-state index contributed by atoms with van der Waals surface area (Å²) in [4.78, 5) is 2.65. The van der Waals surface area contributed by atoms with E-state index in [1.807, 2.05) is 6.07 Å². The highest BCUT2D eigenvalue weighted by Gasteiger charge is 2.56. The Morgan fingerprint density at radius 1 is 1.25 bits per heavy atom. The Morgan fingerprint density at radius 3 is 2.71 bits per heavy atom. The predicted octanol–water partition coefficient (Wildman–Crippen LogP) is 3.01. The predicted molar refractivity (Wildman–Crippen MR) is 96.1 cm³/mol. The first-order valence-corrected chi connectivity index (χ1v) is 10.1. The molecule has 0 aromatic carbocycles. The fourth-order valence-corrected chi connectivity index (χ4v) is 5.17. The van der Waals surface area contributed by atoms with E-state index in [1.54, 1.807) is 24.4 Å². The fourth-order valence-electron chi connectivity index (χ4n) is 3.38. The van der Waals surface area contributed by atoms with Crippen LogP contribution in [-0.2, 0) is 14.6 Å². The number of pyridine rings is 1. The number of aromatic nitrogens is 3. The molecule has 3 heterocycles. The second kappa shape index (κ2) is 6.72. The van der Waals surface area contributed by atoms with Crippen LogP contribution >= 0.6 is 0 Å². The molecule has 144 valence electrons. The smallest absolute Gasteiger partial charge is 0.319 e. The van der Waals surface area contributed by atoms with E-state index >= 15 is 0 Å². The molecule has 1 N–H and O–H groups in total. The van der Waals surface area contributed by atoms with Gasteiger partial charge in [-0.05, 0) is 25.0 Å². The zero-order valence-corrected chi connectivity index (χ0v) is 15.5. The van der Waals surface area contributed by atoms with E-state index < -0.39 is 25.7 Å². The Hall–Kier alpha value is -3.26. The normalized spacial score (nSPS) is 20.4. The highest BCUT2D eigenvalue weighted by Crippen LogP contribution is 2.46. The lowest BCUT2D eigenvalue weighted by Crippen LogP contribution is -2.39. The Bertz CT molecular complexity index is 1110. The van der Waals surface area contributed by atoms with Crippen molar-refractivity contribution in [2.45, 2.75) is 37.0 Å². The van der Waals surface area contributed by atoms with Crippen LogP contribution in [0.4, 0.5) is 5.82 Å². The summed E-state index contributed by atoms with van der Waals surface area (Å²) >= 11 is 0. The van der Waals surface area contributed by atoms with Crippen LogP contribution in [0.1, 0.15) is 37.7 Å². The molecule has 28 heavy (non-hydrogen) atoms. The summed E-state index contributed by atoms with van der Waals surface area (Å²) in [5.41, 5.74) is 0.0817. The number of hydrogen-bond acceptors (Lipinski definition) is 9. The highest BCUT2D eigenvalue weighted by atomic mass is 32.2. The number of hydrogen-bond donors (Lipinski definition) is 1. The van der Waals surface area contributed by atoms with Crippen molar-refractivity contribution in [2.75, 3.05) is 0 Å². The standard InChI is InChI=1S/C17H16N6O4S/c18-10-12-11-20-23(13-6-2-5-9-19-13)14(12)21-22-15-16(24)27-17(28(15,25)26)7-3-1-4-8-17/h2,5-6,9,11,24H,1,3-4,7-8H2. The van der Waals surface area contributed by atoms with Gasteiger partial charge in [-0.2, -0.15) is 15.0 Å². The Balaban J connectivity index is 1.73. The van der Waals surface area contributed by atoms with Gasteiger partial charge >= 0.3 is 5.95 Å². The molecule has 1 saturated carbocycles. The average Bonchev–Trinajstić information content (AvgIpc) is 3.18. The third-order valence-electron chi connectivity index (χ3n) is 4.79. The minimum atomic E-state index is -4.03. The molecule has 2 aromatic heterocycles. The topological polar surface area (TPSA) is 143 Å². The first-order chi connectivity index (χ1) is 13.5. The quantitative estimate of drug-likeness (QED) is 0.780. The van der Waals surface area contributed by atoms with Gasteiger partial charge in [-0.1, -0.05) is 12.5 Å². The van der Waals surface area contributed by atoms with E-state index in [0.29, 0.717) is 18.7 Å². The van der Waals surface area contributed by atoms with Gasteiger partial charge in [-0.25, -0.2) is 13.4 Å². The summed E-state index contributed by atoms with van der Waals surface area (Å²) in [5.74, 6) is -0.389. The van der Waals surface area contributed by atoms with E-state index in [4.69, 9.17) is 4.74 Å². The molecule has 10 nitrogen and oxygen atoms in total. The summed E-state index contributed by atoms with van der Waals surface area (Å²) in [6, 6.07) is 7.02. The summed E-state index contributed by atoms with van der Waals surface area (Å²) in [5, 5.41) is 30.5. The van der Waals surface area contributed by atoms with Crippen molar-refractivity contribution in [3.8, 4) is 11.9 Å². The third-order valence-corrected chi connectivity index (χ3v) is 7.03. The molecule has 0 bridgehead atoms. The second-order valence-electron chi connectivity index (χ2n) is 6.48. The zero-order valence-electron chi connectivity index (χ0n) is 14.7. The van der Waals surface area contributed by atoms with Crippen LogP contribution < -0.4 is 0 Å². The van der Waals surface area contributed by atoms with Gasteiger partial charge in [0.1, 0.15) is 11.6 Å². The lowest BCUT2D eigenvalue weighted by Gasteiger charge is -2.30. The number of rotatable bonds is 3. The molecule has 0 saturated heterocycles. The minimum Gasteiger partial charge on any atom is -0.479 e. The molecule has 0 radical (unpaired) electrons. The number of aliphatic hydroxyl groups excluding tert-OH is 1. The number of aliphatic hydroxyl groups is 1. The maximum Gasteiger partial charge on any atom is 0.319 e. The van der Waals surface area contributed by atoms with Gasteiger partial charge in [0.15, 0.2) is 11.6 Å². The summed E-state index contributed by atoms with van der Waals surface area (Å²) in [6.07, 6.45) is 5.67. The fraction of sp³-hybridized carbons (Fsp3) is 0.353. The third kappa shape index (κ3) is 2.73. The Labute approximate surface area is 160 Å². The number of ether oxygens (including phenoxy) is 1. The van der Waals surface area contributed by atoms with E-state index in [-0.39, 0.29) is 24.2 Å². The van der Waals surface area contributed by atoms with Crippen molar-refractivity contribution in [1.29, 1.82) is 5.26 Å². The molecule has 11 heteroatoms. The summed E-state index contributed by atoms with van der Waals surface area (Å²) < 4.78 is 32.5. The molecule has 4 rings (SSSR count). The van der Waals surface area contributed by atoms with Crippen LogP contribution in [-0.4, -0.2) is 33.2 Å². The van der Waals surface area contributed by atoms with Gasteiger partial charge in [-0.15, -0.1) is 10.2 Å². The van der Waals surface area contributed by atoms with Crippen molar-refractivity contribution in [3.63, 3.8) is 0 Å². The van der Waals surface area contributed by atoms with Gasteiger partial charge in [0.05, 0.1) is 6.20 Å². The molecule has 2 aliphatic rings. The van der Waals surface area contributed by atoms with Crippen LogP contribution in [0.25, 0.3) is 5.82 Å². The van der Waals surface area contributed by atoms with E-state index in [0.717, 1.165) is 6.42 Å². The SMILES string of the molecule is N#Cc1cnn(-c2ccccn2)c1N=NC1=C(O)OC2(CCCCC2)S1(=O)=O. The van der Waals surface area contributed by atoms with Gasteiger partial charge in [0, 0.05) is 19.0 Å². The maximum absolute atomic E-state index is 13.0. The molecular weight excluding hydrogens is 384 g/mol. The number of nitriles is 1. The van der Waals surface area contributed by atoms with Crippen LogP contribution in [0.5, 0.6) is 0 Å². The number of nitrogens with zero attached hydrogens (tertiary/aromatic N) is 6. The molecule has 1 spiro atoms. The van der Waals surface area contributed by atoms with Crippen LogP contribution in [0.3, 0.4) is 0 Å². The number of sulfone groups is 1. The molecule has 2 aromatic rings. The molecule has 0 atom stereocenters. The molecule has 1 fully saturated rings. The lowest BCUT2D eigenvalue weighted by atomic mass is 9.97. The van der Waals surface area contributed by atoms with Crippen molar-refractivity contribution in [2.24, 2.45) is 10.2 Å². The molecule has 1 aliphatic carbocycles. The van der Waals surface area contributed by atoms with Gasteiger partial charge < -0.3 is 9.84 Å². The van der Waals surface area contributed by atoms with E-state index in [2.05, 4.69) is 20.3 Å². The van der Waals surface area contributed by atoms with E-state index in [9.17, 15) is 18.8 Å². The minimum absolute atomic E-state index is 0.00120.